The first-order valence-corrected chi connectivity index (χ1v) is 8.62. The zero-order valence-corrected chi connectivity index (χ0v) is 14.1. The minimum Gasteiger partial charge on any atom is -0.438 e. The number of benzene rings is 1. The topological polar surface area (TPSA) is 81.4 Å². The van der Waals surface area contributed by atoms with E-state index in [1.165, 1.54) is 23.9 Å². The molecule has 1 aromatic carbocycles. The molecule has 0 aliphatic rings. The molecule has 0 saturated heterocycles. The maximum absolute atomic E-state index is 12.9. The fourth-order valence-electron chi connectivity index (χ4n) is 2.06. The third-order valence-corrected chi connectivity index (χ3v) is 3.68. The van der Waals surface area contributed by atoms with Crippen molar-refractivity contribution in [2.75, 3.05) is 17.3 Å². The average molecular weight is 383 g/mol. The number of rotatable bonds is 5. The summed E-state index contributed by atoms with van der Waals surface area (Å²) in [7, 11) is 0. The van der Waals surface area contributed by atoms with Gasteiger partial charge in [-0.1, -0.05) is 0 Å². The number of ether oxygens (including phenoxy) is 1. The van der Waals surface area contributed by atoms with E-state index in [9.17, 15) is 18.0 Å². The molecule has 2 heterocycles. The number of hydrogen-bond donors (Lipinski definition) is 1. The fraction of sp³-hybridized carbons (Fsp3) is 0.200. The summed E-state index contributed by atoms with van der Waals surface area (Å²) in [5, 5.41) is 13.0. The van der Waals surface area contributed by atoms with Crippen LogP contribution in [0.2, 0.25) is 0 Å². The van der Waals surface area contributed by atoms with Crippen LogP contribution in [0.5, 0.6) is 11.6 Å². The Hall–Kier alpha value is -2.82. The number of halogens is 3. The lowest BCUT2D eigenvalue weighted by molar-refractivity contribution is -0.146. The number of nitrogens with one attached hydrogen (secondary N) is 1. The molecule has 1 amide bonds. The number of amides is 1. The first kappa shape index (κ1) is 18.0. The molecular formula is C15H12F3N5O2S. The molecule has 11 heteroatoms. The number of thioether (sulfide) groups is 1. The second kappa shape index (κ2) is 7.20. The van der Waals surface area contributed by atoms with Crippen LogP contribution < -0.4 is 10.1 Å². The van der Waals surface area contributed by atoms with Crippen LogP contribution in [0.15, 0.2) is 36.4 Å². The summed E-state index contributed by atoms with van der Waals surface area (Å²) in [6.07, 6.45) is -2.86. The van der Waals surface area contributed by atoms with E-state index in [0.29, 0.717) is 21.7 Å². The second-order valence-corrected chi connectivity index (χ2v) is 5.94. The van der Waals surface area contributed by atoms with Crippen molar-refractivity contribution in [2.45, 2.75) is 6.18 Å². The number of fused-ring (bicyclic) bond motifs is 1. The van der Waals surface area contributed by atoms with Crippen molar-refractivity contribution >= 4 is 29.0 Å². The lowest BCUT2D eigenvalue weighted by Crippen LogP contribution is -2.13. The maximum atomic E-state index is 12.9. The third-order valence-electron chi connectivity index (χ3n) is 3.13. The van der Waals surface area contributed by atoms with E-state index in [2.05, 4.69) is 20.6 Å². The van der Waals surface area contributed by atoms with Crippen LogP contribution >= 0.6 is 11.8 Å². The Morgan fingerprint density at radius 3 is 2.58 bits per heavy atom. The highest BCUT2D eigenvalue weighted by atomic mass is 32.2. The Kier molecular flexibility index (Phi) is 4.98. The summed E-state index contributed by atoms with van der Waals surface area (Å²) in [5.74, 6) is -0.735. The molecule has 0 bridgehead atoms. The maximum Gasteiger partial charge on any atom is 0.453 e. The Morgan fingerprint density at radius 1 is 1.19 bits per heavy atom. The SMILES string of the molecule is CSCC(=O)Nc1ccc(Oc2ccc3nnc(C(F)(F)F)n3n2)cc1. The summed E-state index contributed by atoms with van der Waals surface area (Å²) in [6, 6.07) is 9.08. The number of hydrogen-bond acceptors (Lipinski definition) is 6. The molecule has 0 atom stereocenters. The van der Waals surface area contributed by atoms with Gasteiger partial charge < -0.3 is 10.1 Å². The van der Waals surface area contributed by atoms with Crippen LogP contribution in [0.3, 0.4) is 0 Å². The Bertz CT molecular complexity index is 927. The van der Waals surface area contributed by atoms with Crippen molar-refractivity contribution in [1.29, 1.82) is 0 Å². The molecule has 0 aliphatic carbocycles. The zero-order valence-electron chi connectivity index (χ0n) is 13.3. The van der Waals surface area contributed by atoms with Gasteiger partial charge in [0.25, 0.3) is 5.82 Å². The number of anilines is 1. The minimum atomic E-state index is -4.68. The van der Waals surface area contributed by atoms with Gasteiger partial charge in [-0.05, 0) is 36.6 Å². The number of carbonyl (C=O) groups excluding carboxylic acids is 1. The molecule has 136 valence electrons. The highest BCUT2D eigenvalue weighted by Crippen LogP contribution is 2.28. The third kappa shape index (κ3) is 4.04. The molecule has 1 N–H and O–H groups in total. The molecule has 0 unspecified atom stereocenters. The van der Waals surface area contributed by atoms with Crippen LogP contribution in [0, 0.1) is 0 Å². The van der Waals surface area contributed by atoms with Gasteiger partial charge in [0.05, 0.1) is 5.75 Å². The number of alkyl halides is 3. The standard InChI is InChI=1S/C15H12F3N5O2S/c1-26-8-12(24)19-9-2-4-10(5-3-9)25-13-7-6-11-20-21-14(15(16,17)18)23(11)22-13/h2-7H,8H2,1H3,(H,19,24). The predicted molar refractivity (Wildman–Crippen MR) is 89.3 cm³/mol. The van der Waals surface area contributed by atoms with Crippen molar-refractivity contribution in [2.24, 2.45) is 0 Å². The van der Waals surface area contributed by atoms with Gasteiger partial charge in [-0.15, -0.1) is 15.3 Å². The Morgan fingerprint density at radius 2 is 1.92 bits per heavy atom. The monoisotopic (exact) mass is 383 g/mol. The second-order valence-electron chi connectivity index (χ2n) is 5.07. The van der Waals surface area contributed by atoms with E-state index in [0.717, 1.165) is 0 Å². The average Bonchev–Trinajstić information content (AvgIpc) is 3.00. The quantitative estimate of drug-likeness (QED) is 0.729. The van der Waals surface area contributed by atoms with Crippen molar-refractivity contribution in [3.05, 3.63) is 42.2 Å². The van der Waals surface area contributed by atoms with Crippen molar-refractivity contribution in [1.82, 2.24) is 19.8 Å². The van der Waals surface area contributed by atoms with Crippen molar-refractivity contribution in [3.8, 4) is 11.6 Å². The number of carbonyl (C=O) groups is 1. The summed E-state index contributed by atoms with van der Waals surface area (Å²) in [6.45, 7) is 0. The predicted octanol–water partition coefficient (Wildman–Crippen LogP) is 3.24. The molecule has 26 heavy (non-hydrogen) atoms. The van der Waals surface area contributed by atoms with E-state index >= 15 is 0 Å². The van der Waals surface area contributed by atoms with E-state index in [4.69, 9.17) is 4.74 Å². The highest BCUT2D eigenvalue weighted by molar-refractivity contribution is 7.99. The normalized spacial score (nSPS) is 11.5. The van der Waals surface area contributed by atoms with E-state index in [1.54, 1.807) is 24.3 Å². The van der Waals surface area contributed by atoms with Crippen LogP contribution in [-0.2, 0) is 11.0 Å². The molecule has 0 aliphatic heterocycles. The van der Waals surface area contributed by atoms with Gasteiger partial charge in [-0.25, -0.2) is 0 Å². The first-order valence-electron chi connectivity index (χ1n) is 7.23. The highest BCUT2D eigenvalue weighted by Gasteiger charge is 2.37. The van der Waals surface area contributed by atoms with E-state index in [1.807, 2.05) is 6.26 Å². The summed E-state index contributed by atoms with van der Waals surface area (Å²) in [4.78, 5) is 11.5. The van der Waals surface area contributed by atoms with Gasteiger partial charge in [0.2, 0.25) is 11.8 Å². The molecular weight excluding hydrogens is 371 g/mol. The zero-order chi connectivity index (χ0) is 18.7. The van der Waals surface area contributed by atoms with Crippen molar-refractivity contribution < 1.29 is 22.7 Å². The summed E-state index contributed by atoms with van der Waals surface area (Å²) >= 11 is 1.40. The van der Waals surface area contributed by atoms with Gasteiger partial charge in [0.15, 0.2) is 5.65 Å². The van der Waals surface area contributed by atoms with Gasteiger partial charge >= 0.3 is 6.18 Å². The Labute approximate surface area is 149 Å². The molecule has 0 saturated carbocycles. The number of nitrogens with zero attached hydrogens (tertiary/aromatic N) is 4. The minimum absolute atomic E-state index is 0.0449. The summed E-state index contributed by atoms with van der Waals surface area (Å²) in [5.41, 5.74) is 0.537. The van der Waals surface area contributed by atoms with Crippen molar-refractivity contribution in [3.63, 3.8) is 0 Å². The molecule has 3 rings (SSSR count). The summed E-state index contributed by atoms with van der Waals surface area (Å²) < 4.78 is 44.7. The van der Waals surface area contributed by atoms with Crippen LogP contribution in [-0.4, -0.2) is 37.7 Å². The first-order chi connectivity index (χ1) is 12.4. The molecule has 7 nitrogen and oxygen atoms in total. The van der Waals surface area contributed by atoms with Gasteiger partial charge in [0, 0.05) is 11.8 Å². The van der Waals surface area contributed by atoms with Crippen LogP contribution in [0.25, 0.3) is 5.65 Å². The van der Waals surface area contributed by atoms with Crippen LogP contribution in [0.1, 0.15) is 5.82 Å². The van der Waals surface area contributed by atoms with Crippen LogP contribution in [0.4, 0.5) is 18.9 Å². The molecule has 2 aromatic heterocycles. The van der Waals surface area contributed by atoms with Gasteiger partial charge in [-0.3, -0.25) is 4.79 Å². The van der Waals surface area contributed by atoms with Gasteiger partial charge in [0.1, 0.15) is 5.75 Å². The molecule has 0 spiro atoms. The van der Waals surface area contributed by atoms with E-state index in [-0.39, 0.29) is 17.4 Å². The lowest BCUT2D eigenvalue weighted by atomic mass is 10.3. The lowest BCUT2D eigenvalue weighted by Gasteiger charge is -2.08. The van der Waals surface area contributed by atoms with E-state index < -0.39 is 12.0 Å². The molecule has 3 aromatic rings. The fourth-order valence-corrected chi connectivity index (χ4v) is 2.39. The largest absolute Gasteiger partial charge is 0.453 e. The number of aromatic nitrogens is 4. The Balaban J connectivity index is 1.77. The molecule has 0 fully saturated rings. The van der Waals surface area contributed by atoms with Gasteiger partial charge in [-0.2, -0.15) is 29.4 Å². The molecule has 0 radical (unpaired) electrons. The smallest absolute Gasteiger partial charge is 0.438 e.